The number of amides is 2. The molecule has 0 aliphatic carbocycles. The minimum atomic E-state index is -0.128. The van der Waals surface area contributed by atoms with E-state index >= 15 is 0 Å². The van der Waals surface area contributed by atoms with Crippen LogP contribution in [-0.4, -0.2) is 42.5 Å². The number of carbonyl (C=O) groups is 2. The summed E-state index contributed by atoms with van der Waals surface area (Å²) in [5.74, 6) is 0.710. The van der Waals surface area contributed by atoms with Crippen LogP contribution in [0.3, 0.4) is 0 Å². The zero-order valence-electron chi connectivity index (χ0n) is 15.8. The number of hydrogen-bond acceptors (Lipinski definition) is 3. The van der Waals surface area contributed by atoms with Gasteiger partial charge in [0.1, 0.15) is 5.75 Å². The summed E-state index contributed by atoms with van der Waals surface area (Å²) < 4.78 is 5.47. The van der Waals surface area contributed by atoms with Crippen LogP contribution in [0, 0.1) is 0 Å². The fourth-order valence-corrected chi connectivity index (χ4v) is 3.39. The van der Waals surface area contributed by atoms with E-state index in [2.05, 4.69) is 5.32 Å². The van der Waals surface area contributed by atoms with E-state index in [1.54, 1.807) is 0 Å². The van der Waals surface area contributed by atoms with Crippen LogP contribution < -0.4 is 10.1 Å². The van der Waals surface area contributed by atoms with Gasteiger partial charge in [0, 0.05) is 30.6 Å². The van der Waals surface area contributed by atoms with Gasteiger partial charge in [0.05, 0.1) is 0 Å². The van der Waals surface area contributed by atoms with Crippen molar-refractivity contribution in [2.75, 3.05) is 19.7 Å². The molecule has 0 bridgehead atoms. The number of halogens is 1. The maximum Gasteiger partial charge on any atom is 0.258 e. The summed E-state index contributed by atoms with van der Waals surface area (Å²) in [5, 5.41) is 3.70. The Morgan fingerprint density at radius 3 is 2.39 bits per heavy atom. The van der Waals surface area contributed by atoms with Gasteiger partial charge >= 0.3 is 0 Å². The van der Waals surface area contributed by atoms with E-state index in [0.29, 0.717) is 36.7 Å². The van der Waals surface area contributed by atoms with Crippen molar-refractivity contribution >= 4 is 23.4 Å². The van der Waals surface area contributed by atoms with Crippen molar-refractivity contribution < 1.29 is 14.3 Å². The smallest absolute Gasteiger partial charge is 0.258 e. The van der Waals surface area contributed by atoms with Gasteiger partial charge in [0.15, 0.2) is 6.61 Å². The Morgan fingerprint density at radius 1 is 1.04 bits per heavy atom. The highest BCUT2D eigenvalue weighted by Crippen LogP contribution is 2.15. The quantitative estimate of drug-likeness (QED) is 0.774. The number of carbonyl (C=O) groups excluding carboxylic acids is 2. The Balaban J connectivity index is 1.34. The topological polar surface area (TPSA) is 58.6 Å². The summed E-state index contributed by atoms with van der Waals surface area (Å²) in [6, 6.07) is 17.0. The van der Waals surface area contributed by atoms with Crippen molar-refractivity contribution in [1.82, 2.24) is 10.2 Å². The molecule has 0 atom stereocenters. The third-order valence-electron chi connectivity index (χ3n) is 4.87. The van der Waals surface area contributed by atoms with Gasteiger partial charge in [-0.25, -0.2) is 0 Å². The molecule has 1 aliphatic rings. The van der Waals surface area contributed by atoms with E-state index in [-0.39, 0.29) is 24.5 Å². The monoisotopic (exact) mass is 400 g/mol. The average molecular weight is 401 g/mol. The van der Waals surface area contributed by atoms with Crippen molar-refractivity contribution in [3.05, 3.63) is 65.2 Å². The van der Waals surface area contributed by atoms with Gasteiger partial charge in [0.2, 0.25) is 5.91 Å². The molecule has 0 saturated carbocycles. The summed E-state index contributed by atoms with van der Waals surface area (Å²) >= 11 is 5.88. The minimum Gasteiger partial charge on any atom is -0.484 e. The van der Waals surface area contributed by atoms with E-state index in [9.17, 15) is 9.59 Å². The van der Waals surface area contributed by atoms with E-state index in [1.807, 2.05) is 59.5 Å². The van der Waals surface area contributed by atoms with Crippen LogP contribution in [0.2, 0.25) is 5.02 Å². The van der Waals surface area contributed by atoms with Gasteiger partial charge in [-0.15, -0.1) is 0 Å². The normalized spacial score (nSPS) is 14.5. The summed E-state index contributed by atoms with van der Waals surface area (Å²) in [4.78, 5) is 26.4. The first-order valence-electron chi connectivity index (χ1n) is 9.59. The van der Waals surface area contributed by atoms with Crippen molar-refractivity contribution in [2.24, 2.45) is 0 Å². The highest BCUT2D eigenvalue weighted by Gasteiger charge is 2.23. The molecule has 3 rings (SSSR count). The molecule has 1 fully saturated rings. The maximum atomic E-state index is 12.4. The lowest BCUT2D eigenvalue weighted by molar-refractivity contribution is -0.132. The molecule has 0 spiro atoms. The summed E-state index contributed by atoms with van der Waals surface area (Å²) in [5.41, 5.74) is 1.11. The molecular weight excluding hydrogens is 376 g/mol. The second-order valence-electron chi connectivity index (χ2n) is 6.95. The maximum absolute atomic E-state index is 12.4. The van der Waals surface area contributed by atoms with Gasteiger partial charge < -0.3 is 15.0 Å². The minimum absolute atomic E-state index is 0.00422. The molecule has 0 unspecified atom stereocenters. The number of piperidine rings is 1. The second kappa shape index (κ2) is 10.1. The fourth-order valence-electron chi connectivity index (χ4n) is 3.27. The molecule has 0 aromatic heterocycles. The first kappa shape index (κ1) is 20.2. The van der Waals surface area contributed by atoms with Crippen molar-refractivity contribution in [3.8, 4) is 5.75 Å². The first-order valence-corrected chi connectivity index (χ1v) is 9.97. The highest BCUT2D eigenvalue weighted by atomic mass is 35.5. The fraction of sp³-hybridized carbons (Fsp3) is 0.364. The molecule has 0 radical (unpaired) electrons. The molecule has 28 heavy (non-hydrogen) atoms. The number of likely N-dealkylation sites (tertiary alicyclic amines) is 1. The molecule has 1 aliphatic heterocycles. The third kappa shape index (κ3) is 6.27. The Morgan fingerprint density at radius 2 is 1.71 bits per heavy atom. The molecule has 1 N–H and O–H groups in total. The zero-order valence-corrected chi connectivity index (χ0v) is 16.5. The van der Waals surface area contributed by atoms with Crippen LogP contribution in [0.25, 0.3) is 0 Å². The number of para-hydroxylation sites is 1. The molecule has 1 saturated heterocycles. The molecule has 5 nitrogen and oxygen atoms in total. The molecule has 148 valence electrons. The molecule has 2 aromatic rings. The lowest BCUT2D eigenvalue weighted by atomic mass is 10.0. The Hall–Kier alpha value is -2.53. The Bertz CT molecular complexity index is 772. The predicted molar refractivity (Wildman–Crippen MR) is 109 cm³/mol. The summed E-state index contributed by atoms with van der Waals surface area (Å²) in [7, 11) is 0. The zero-order chi connectivity index (χ0) is 19.8. The number of ether oxygens (including phenoxy) is 1. The van der Waals surface area contributed by atoms with Crippen LogP contribution in [0.4, 0.5) is 0 Å². The number of nitrogens with one attached hydrogen (secondary N) is 1. The number of rotatable bonds is 7. The Labute approximate surface area is 170 Å². The largest absolute Gasteiger partial charge is 0.484 e. The number of aryl methyl sites for hydroxylation is 1. The van der Waals surface area contributed by atoms with E-state index in [1.165, 1.54) is 0 Å². The summed E-state index contributed by atoms with van der Waals surface area (Å²) in [6.07, 6.45) is 2.74. The van der Waals surface area contributed by atoms with Crippen LogP contribution >= 0.6 is 11.6 Å². The summed E-state index contributed by atoms with van der Waals surface area (Å²) in [6.45, 7) is 1.35. The SMILES string of the molecule is O=C(COc1ccccc1)NC1CCN(C(=O)CCc2ccc(Cl)cc2)CC1. The van der Waals surface area contributed by atoms with Crippen LogP contribution in [0.15, 0.2) is 54.6 Å². The predicted octanol–water partition coefficient (Wildman–Crippen LogP) is 3.46. The van der Waals surface area contributed by atoms with Gasteiger partial charge in [-0.1, -0.05) is 41.9 Å². The van der Waals surface area contributed by atoms with Crippen LogP contribution in [0.5, 0.6) is 5.75 Å². The van der Waals surface area contributed by atoms with Crippen LogP contribution in [-0.2, 0) is 16.0 Å². The lowest BCUT2D eigenvalue weighted by Crippen LogP contribution is -2.47. The lowest BCUT2D eigenvalue weighted by Gasteiger charge is -2.32. The first-order chi connectivity index (χ1) is 13.6. The third-order valence-corrected chi connectivity index (χ3v) is 5.12. The Kier molecular flexibility index (Phi) is 7.31. The van der Waals surface area contributed by atoms with Gasteiger partial charge in [-0.2, -0.15) is 0 Å². The van der Waals surface area contributed by atoms with Crippen LogP contribution in [0.1, 0.15) is 24.8 Å². The van der Waals surface area contributed by atoms with Gasteiger partial charge in [0.25, 0.3) is 5.91 Å². The van der Waals surface area contributed by atoms with E-state index < -0.39 is 0 Å². The van der Waals surface area contributed by atoms with Gasteiger partial charge in [-0.3, -0.25) is 9.59 Å². The van der Waals surface area contributed by atoms with Crippen molar-refractivity contribution in [3.63, 3.8) is 0 Å². The number of hydrogen-bond donors (Lipinski definition) is 1. The van der Waals surface area contributed by atoms with Crippen molar-refractivity contribution in [1.29, 1.82) is 0 Å². The standard InChI is InChI=1S/C22H25ClN2O3/c23-18-9-6-17(7-10-18)8-11-22(27)25-14-12-19(13-15-25)24-21(26)16-28-20-4-2-1-3-5-20/h1-7,9-10,19H,8,11-16H2,(H,24,26). The van der Waals surface area contributed by atoms with Gasteiger partial charge in [-0.05, 0) is 49.1 Å². The molecule has 6 heteroatoms. The van der Waals surface area contributed by atoms with E-state index in [0.717, 1.165) is 18.4 Å². The highest BCUT2D eigenvalue weighted by molar-refractivity contribution is 6.30. The number of benzene rings is 2. The average Bonchev–Trinajstić information content (AvgIpc) is 2.73. The van der Waals surface area contributed by atoms with E-state index in [4.69, 9.17) is 16.3 Å². The molecular formula is C22H25ClN2O3. The molecule has 2 amide bonds. The molecule has 2 aromatic carbocycles. The number of nitrogens with zero attached hydrogens (tertiary/aromatic N) is 1. The van der Waals surface area contributed by atoms with Crippen molar-refractivity contribution in [2.45, 2.75) is 31.7 Å². The second-order valence-corrected chi connectivity index (χ2v) is 7.39. The molecule has 1 heterocycles.